The molecule has 0 spiro atoms. The number of pyridine rings is 1. The molecule has 0 aliphatic carbocycles. The first-order chi connectivity index (χ1) is 7.70. The van der Waals surface area contributed by atoms with E-state index in [1.807, 2.05) is 6.07 Å². The summed E-state index contributed by atoms with van der Waals surface area (Å²) in [5.74, 6) is -0.244. The molecule has 1 aromatic heterocycles. The number of rotatable bonds is 2. The largest absolute Gasteiger partial charge is 0.244 e. The van der Waals surface area contributed by atoms with Crippen molar-refractivity contribution in [2.75, 3.05) is 0 Å². The minimum Gasteiger partial charge on any atom is -0.244 e. The van der Waals surface area contributed by atoms with Gasteiger partial charge in [-0.2, -0.15) is 0 Å². The van der Waals surface area contributed by atoms with Gasteiger partial charge < -0.3 is 0 Å². The molecule has 0 saturated carbocycles. The van der Waals surface area contributed by atoms with Gasteiger partial charge in [-0.3, -0.25) is 0 Å². The highest BCUT2D eigenvalue weighted by molar-refractivity contribution is 9.08. The van der Waals surface area contributed by atoms with Crippen molar-refractivity contribution in [3.05, 3.63) is 53.1 Å². The normalized spacial score (nSPS) is 10.4. The van der Waals surface area contributed by atoms with Crippen molar-refractivity contribution >= 4 is 27.5 Å². The molecule has 1 aromatic carbocycles. The third-order valence-corrected chi connectivity index (χ3v) is 3.18. The zero-order valence-electron chi connectivity index (χ0n) is 8.25. The lowest BCUT2D eigenvalue weighted by atomic mass is 10.1. The maximum atomic E-state index is 12.8. The summed E-state index contributed by atoms with van der Waals surface area (Å²) in [4.78, 5) is 4.09. The third-order valence-electron chi connectivity index (χ3n) is 2.23. The molecule has 0 radical (unpaired) electrons. The number of alkyl halides is 1. The SMILES string of the molecule is Fc1ccc(-c2cnc(Cl)c(CBr)c2)cc1. The Bertz CT molecular complexity index is 499. The first kappa shape index (κ1) is 11.6. The van der Waals surface area contributed by atoms with E-state index in [1.165, 1.54) is 12.1 Å². The van der Waals surface area contributed by atoms with Crippen molar-refractivity contribution in [2.45, 2.75) is 5.33 Å². The van der Waals surface area contributed by atoms with Crippen LogP contribution in [0.15, 0.2) is 36.5 Å². The molecule has 0 bridgehead atoms. The zero-order valence-corrected chi connectivity index (χ0v) is 10.6. The van der Waals surface area contributed by atoms with Gasteiger partial charge in [0, 0.05) is 22.7 Å². The van der Waals surface area contributed by atoms with Gasteiger partial charge >= 0.3 is 0 Å². The lowest BCUT2D eigenvalue weighted by Gasteiger charge is -2.04. The Hall–Kier alpha value is -0.930. The van der Waals surface area contributed by atoms with E-state index in [0.29, 0.717) is 10.5 Å². The molecule has 82 valence electrons. The second-order valence-corrected chi connectivity index (χ2v) is 4.23. The monoisotopic (exact) mass is 299 g/mol. The van der Waals surface area contributed by atoms with E-state index in [0.717, 1.165) is 16.7 Å². The van der Waals surface area contributed by atoms with Crippen LogP contribution in [-0.4, -0.2) is 4.98 Å². The van der Waals surface area contributed by atoms with Crippen molar-refractivity contribution in [3.8, 4) is 11.1 Å². The van der Waals surface area contributed by atoms with Gasteiger partial charge in [-0.25, -0.2) is 9.37 Å². The van der Waals surface area contributed by atoms with Crippen molar-refractivity contribution in [1.29, 1.82) is 0 Å². The predicted octanol–water partition coefficient (Wildman–Crippen LogP) is 4.44. The van der Waals surface area contributed by atoms with E-state index in [2.05, 4.69) is 20.9 Å². The molecule has 16 heavy (non-hydrogen) atoms. The Balaban J connectivity index is 2.44. The van der Waals surface area contributed by atoms with Gasteiger partial charge in [0.15, 0.2) is 0 Å². The fraction of sp³-hybridized carbons (Fsp3) is 0.0833. The van der Waals surface area contributed by atoms with Gasteiger partial charge in [-0.15, -0.1) is 0 Å². The number of aromatic nitrogens is 1. The van der Waals surface area contributed by atoms with Gasteiger partial charge in [0.1, 0.15) is 11.0 Å². The van der Waals surface area contributed by atoms with E-state index in [-0.39, 0.29) is 5.82 Å². The molecule has 1 nitrogen and oxygen atoms in total. The van der Waals surface area contributed by atoms with Crippen molar-refractivity contribution < 1.29 is 4.39 Å². The summed E-state index contributed by atoms with van der Waals surface area (Å²) in [6, 6.07) is 8.24. The van der Waals surface area contributed by atoms with Gasteiger partial charge in [-0.05, 0) is 23.8 Å². The molecule has 1 heterocycles. The smallest absolute Gasteiger partial charge is 0.133 e. The van der Waals surface area contributed by atoms with Crippen molar-refractivity contribution in [1.82, 2.24) is 4.98 Å². The molecule has 0 aliphatic rings. The highest BCUT2D eigenvalue weighted by Crippen LogP contribution is 2.24. The topological polar surface area (TPSA) is 12.9 Å². The molecule has 0 fully saturated rings. The Labute approximate surface area is 106 Å². The Kier molecular flexibility index (Phi) is 3.56. The Morgan fingerprint density at radius 2 is 1.88 bits per heavy atom. The zero-order chi connectivity index (χ0) is 11.5. The fourth-order valence-electron chi connectivity index (χ4n) is 1.39. The van der Waals surface area contributed by atoms with E-state index in [1.54, 1.807) is 18.3 Å². The lowest BCUT2D eigenvalue weighted by Crippen LogP contribution is -1.87. The number of nitrogens with zero attached hydrogens (tertiary/aromatic N) is 1. The van der Waals surface area contributed by atoms with Gasteiger partial charge in [0.25, 0.3) is 0 Å². The molecule has 4 heteroatoms. The highest BCUT2D eigenvalue weighted by Gasteiger charge is 2.04. The van der Waals surface area contributed by atoms with Gasteiger partial charge in [0.05, 0.1) is 0 Å². The average Bonchev–Trinajstić information content (AvgIpc) is 2.31. The molecule has 0 N–H and O–H groups in total. The maximum Gasteiger partial charge on any atom is 0.133 e. The molecule has 2 aromatic rings. The second kappa shape index (κ2) is 4.93. The molecule has 0 unspecified atom stereocenters. The third kappa shape index (κ3) is 2.42. The average molecular weight is 301 g/mol. The summed E-state index contributed by atoms with van der Waals surface area (Å²) in [5.41, 5.74) is 2.77. The van der Waals surface area contributed by atoms with E-state index < -0.39 is 0 Å². The van der Waals surface area contributed by atoms with Crippen LogP contribution in [0.3, 0.4) is 0 Å². The standard InChI is InChI=1S/C12H8BrClFN/c13-6-9-5-10(7-16-12(9)14)8-1-3-11(15)4-2-8/h1-5,7H,6H2. The summed E-state index contributed by atoms with van der Waals surface area (Å²) in [6.07, 6.45) is 1.68. The quantitative estimate of drug-likeness (QED) is 0.590. The summed E-state index contributed by atoms with van der Waals surface area (Å²) in [5, 5.41) is 1.14. The summed E-state index contributed by atoms with van der Waals surface area (Å²) in [7, 11) is 0. The van der Waals surface area contributed by atoms with Gasteiger partial charge in [0.2, 0.25) is 0 Å². The molecular weight excluding hydrogens is 292 g/mol. The van der Waals surface area contributed by atoms with E-state index in [4.69, 9.17) is 11.6 Å². The van der Waals surface area contributed by atoms with Crippen molar-refractivity contribution in [2.24, 2.45) is 0 Å². The van der Waals surface area contributed by atoms with Crippen LogP contribution < -0.4 is 0 Å². The lowest BCUT2D eigenvalue weighted by molar-refractivity contribution is 0.628. The minimum absolute atomic E-state index is 0.244. The number of hydrogen-bond acceptors (Lipinski definition) is 1. The molecule has 0 atom stereocenters. The minimum atomic E-state index is -0.244. The molecule has 0 saturated heterocycles. The van der Waals surface area contributed by atoms with Crippen LogP contribution in [-0.2, 0) is 5.33 Å². The summed E-state index contributed by atoms with van der Waals surface area (Å²) in [6.45, 7) is 0. The highest BCUT2D eigenvalue weighted by atomic mass is 79.9. The number of benzene rings is 1. The molecule has 2 rings (SSSR count). The van der Waals surface area contributed by atoms with Crippen LogP contribution in [0.5, 0.6) is 0 Å². The Morgan fingerprint density at radius 1 is 1.19 bits per heavy atom. The van der Waals surface area contributed by atoms with Crippen molar-refractivity contribution in [3.63, 3.8) is 0 Å². The fourth-order valence-corrected chi connectivity index (χ4v) is 2.15. The van der Waals surface area contributed by atoms with E-state index >= 15 is 0 Å². The second-order valence-electron chi connectivity index (χ2n) is 3.31. The van der Waals surface area contributed by atoms with Crippen LogP contribution in [0.4, 0.5) is 4.39 Å². The molecule has 0 amide bonds. The van der Waals surface area contributed by atoms with Crippen LogP contribution in [0.25, 0.3) is 11.1 Å². The predicted molar refractivity (Wildman–Crippen MR) is 67.3 cm³/mol. The maximum absolute atomic E-state index is 12.8. The van der Waals surface area contributed by atoms with Crippen LogP contribution >= 0.6 is 27.5 Å². The first-order valence-corrected chi connectivity index (χ1v) is 6.17. The van der Waals surface area contributed by atoms with Crippen LogP contribution in [0, 0.1) is 5.82 Å². The van der Waals surface area contributed by atoms with Crippen LogP contribution in [0.1, 0.15) is 5.56 Å². The Morgan fingerprint density at radius 3 is 2.50 bits per heavy atom. The van der Waals surface area contributed by atoms with E-state index in [9.17, 15) is 4.39 Å². The molecule has 0 aliphatic heterocycles. The number of hydrogen-bond donors (Lipinski definition) is 0. The molecular formula is C12H8BrClFN. The van der Waals surface area contributed by atoms with Crippen LogP contribution in [0.2, 0.25) is 5.15 Å². The first-order valence-electron chi connectivity index (χ1n) is 4.67. The summed E-state index contributed by atoms with van der Waals surface area (Å²) < 4.78 is 12.8. The van der Waals surface area contributed by atoms with Gasteiger partial charge in [-0.1, -0.05) is 39.7 Å². The number of halogens is 3. The summed E-state index contributed by atoms with van der Waals surface area (Å²) >= 11 is 9.25.